The van der Waals surface area contributed by atoms with Crippen LogP contribution in [0.5, 0.6) is 0 Å². The third-order valence-corrected chi connectivity index (χ3v) is 12.5. The number of hydrogen-bond donors (Lipinski definition) is 0. The summed E-state index contributed by atoms with van der Waals surface area (Å²) in [7, 11) is 0. The monoisotopic (exact) mass is 748 g/mol. The maximum absolute atomic E-state index is 5.26. The van der Waals surface area contributed by atoms with E-state index in [-0.39, 0.29) is 0 Å². The molecule has 2 heteroatoms. The minimum Gasteiger partial charge on any atom is -0.228 e. The fourth-order valence-corrected chi connectivity index (χ4v) is 9.97. The molecule has 274 valence electrons. The molecule has 0 N–H and O–H groups in total. The normalized spacial score (nSPS) is 12.9. The molecule has 9 aromatic carbocycles. The van der Waals surface area contributed by atoms with E-state index in [9.17, 15) is 0 Å². The summed E-state index contributed by atoms with van der Waals surface area (Å²) in [6.45, 7) is 0. The second-order valence-corrected chi connectivity index (χ2v) is 15.6. The molecule has 1 aromatic heterocycles. The van der Waals surface area contributed by atoms with Crippen molar-refractivity contribution in [1.82, 2.24) is 9.97 Å². The second kappa shape index (κ2) is 13.2. The minimum absolute atomic E-state index is 0.391. The summed E-state index contributed by atoms with van der Waals surface area (Å²) < 4.78 is 0. The molecule has 0 amide bonds. The molecule has 1 spiro atoms. The lowest BCUT2D eigenvalue weighted by molar-refractivity contribution is 0.794. The van der Waals surface area contributed by atoms with Crippen molar-refractivity contribution in [2.45, 2.75) is 5.41 Å². The number of hydrogen-bond acceptors (Lipinski definition) is 2. The Morgan fingerprint density at radius 3 is 1.37 bits per heavy atom. The Balaban J connectivity index is 1.02. The highest BCUT2D eigenvalue weighted by Crippen LogP contribution is 2.63. The Morgan fingerprint density at radius 1 is 0.254 bits per heavy atom. The van der Waals surface area contributed by atoms with Gasteiger partial charge < -0.3 is 0 Å². The number of nitrogens with zero attached hydrogens (tertiary/aromatic N) is 2. The lowest BCUT2D eigenvalue weighted by Gasteiger charge is -2.30. The highest BCUT2D eigenvalue weighted by molar-refractivity contribution is 6.05. The van der Waals surface area contributed by atoms with Gasteiger partial charge in [-0.15, -0.1) is 0 Å². The fraction of sp³-hybridized carbons (Fsp3) is 0.0175. The van der Waals surface area contributed by atoms with E-state index in [2.05, 4.69) is 212 Å². The van der Waals surface area contributed by atoms with Gasteiger partial charge in [0.15, 0.2) is 5.82 Å². The predicted molar refractivity (Wildman–Crippen MR) is 243 cm³/mol. The Morgan fingerprint density at radius 2 is 0.712 bits per heavy atom. The first-order chi connectivity index (χ1) is 29.3. The van der Waals surface area contributed by atoms with Gasteiger partial charge in [0, 0.05) is 16.7 Å². The summed E-state index contributed by atoms with van der Waals surface area (Å²) in [5, 5.41) is 2.36. The Hall–Kier alpha value is -7.68. The number of rotatable bonds is 5. The first kappa shape index (κ1) is 33.5. The minimum atomic E-state index is -0.391. The molecule has 0 saturated carbocycles. The molecule has 0 atom stereocenters. The van der Waals surface area contributed by atoms with Crippen LogP contribution in [0.4, 0.5) is 0 Å². The van der Waals surface area contributed by atoms with E-state index in [1.807, 2.05) is 6.07 Å². The molecule has 12 rings (SSSR count). The zero-order valence-electron chi connectivity index (χ0n) is 32.2. The van der Waals surface area contributed by atoms with Gasteiger partial charge in [-0.05, 0) is 95.7 Å². The van der Waals surface area contributed by atoms with Crippen molar-refractivity contribution in [3.63, 3.8) is 0 Å². The average Bonchev–Trinajstić information content (AvgIpc) is 3.79. The van der Waals surface area contributed by atoms with Gasteiger partial charge in [-0.1, -0.05) is 200 Å². The maximum atomic E-state index is 5.26. The van der Waals surface area contributed by atoms with Crippen LogP contribution in [0.15, 0.2) is 218 Å². The molecule has 0 saturated heterocycles. The van der Waals surface area contributed by atoms with Gasteiger partial charge in [-0.3, -0.25) is 0 Å². The first-order valence-electron chi connectivity index (χ1n) is 20.3. The molecule has 59 heavy (non-hydrogen) atoms. The molecule has 0 aliphatic heterocycles. The van der Waals surface area contributed by atoms with Crippen molar-refractivity contribution >= 4 is 10.8 Å². The summed E-state index contributed by atoms with van der Waals surface area (Å²) in [5.74, 6) is 0.704. The van der Waals surface area contributed by atoms with E-state index in [1.165, 1.54) is 66.6 Å². The first-order valence-corrected chi connectivity index (χ1v) is 20.3. The van der Waals surface area contributed by atoms with Crippen molar-refractivity contribution in [1.29, 1.82) is 0 Å². The third kappa shape index (κ3) is 5.06. The van der Waals surface area contributed by atoms with Crippen LogP contribution in [0.2, 0.25) is 0 Å². The SMILES string of the molecule is c1ccc(-c2nc(-c3cccc(-c4ccc5c(c4)C4(c6ccccc6-c6ccccc64)c4ccccc4-5)c3)cc(-c3ccc(-c4ccccc4)c4ccccc34)n2)cc1. The van der Waals surface area contributed by atoms with E-state index < -0.39 is 5.41 Å². The number of benzene rings is 9. The van der Waals surface area contributed by atoms with Crippen molar-refractivity contribution in [2.24, 2.45) is 0 Å². The van der Waals surface area contributed by atoms with Crippen molar-refractivity contribution in [2.75, 3.05) is 0 Å². The summed E-state index contributed by atoms with van der Waals surface area (Å²) in [4.78, 5) is 10.5. The average molecular weight is 749 g/mol. The van der Waals surface area contributed by atoms with Gasteiger partial charge in [0.05, 0.1) is 16.8 Å². The quantitative estimate of drug-likeness (QED) is 0.175. The summed E-state index contributed by atoms with van der Waals surface area (Å²) >= 11 is 0. The zero-order chi connectivity index (χ0) is 38.9. The Bertz CT molecular complexity index is 3210. The fourth-order valence-electron chi connectivity index (χ4n) is 9.97. The molecule has 0 bridgehead atoms. The topological polar surface area (TPSA) is 25.8 Å². The van der Waals surface area contributed by atoms with Gasteiger partial charge in [0.25, 0.3) is 0 Å². The van der Waals surface area contributed by atoms with Crippen LogP contribution >= 0.6 is 0 Å². The summed E-state index contributed by atoms with van der Waals surface area (Å²) in [5.41, 5.74) is 19.9. The van der Waals surface area contributed by atoms with Gasteiger partial charge in [-0.25, -0.2) is 9.97 Å². The molecule has 2 aliphatic carbocycles. The van der Waals surface area contributed by atoms with Crippen LogP contribution in [-0.4, -0.2) is 9.97 Å². The number of fused-ring (bicyclic) bond motifs is 11. The second-order valence-electron chi connectivity index (χ2n) is 15.6. The maximum Gasteiger partial charge on any atom is 0.160 e. The van der Waals surface area contributed by atoms with Crippen molar-refractivity contribution < 1.29 is 0 Å². The van der Waals surface area contributed by atoms with E-state index in [0.717, 1.165) is 39.0 Å². The molecule has 2 nitrogen and oxygen atoms in total. The Kier molecular flexibility index (Phi) is 7.48. The van der Waals surface area contributed by atoms with Crippen LogP contribution in [0.25, 0.3) is 89.2 Å². The Labute approximate surface area is 343 Å². The smallest absolute Gasteiger partial charge is 0.160 e. The predicted octanol–water partition coefficient (Wildman–Crippen LogP) is 14.3. The van der Waals surface area contributed by atoms with Gasteiger partial charge in [-0.2, -0.15) is 0 Å². The molecular formula is C57H36N2. The highest BCUT2D eigenvalue weighted by atomic mass is 14.9. The molecule has 0 fully saturated rings. The van der Waals surface area contributed by atoms with Crippen LogP contribution in [0, 0.1) is 0 Å². The molecule has 10 aromatic rings. The van der Waals surface area contributed by atoms with Gasteiger partial charge in [0.1, 0.15) is 0 Å². The highest BCUT2D eigenvalue weighted by Gasteiger charge is 2.51. The number of aromatic nitrogens is 2. The van der Waals surface area contributed by atoms with Crippen LogP contribution in [-0.2, 0) is 5.41 Å². The summed E-state index contributed by atoms with van der Waals surface area (Å²) in [6.07, 6.45) is 0. The van der Waals surface area contributed by atoms with E-state index in [1.54, 1.807) is 0 Å². The zero-order valence-corrected chi connectivity index (χ0v) is 32.2. The van der Waals surface area contributed by atoms with Crippen molar-refractivity contribution in [3.8, 4) is 78.4 Å². The van der Waals surface area contributed by atoms with E-state index >= 15 is 0 Å². The lowest BCUT2D eigenvalue weighted by Crippen LogP contribution is -2.25. The molecule has 0 radical (unpaired) electrons. The van der Waals surface area contributed by atoms with Gasteiger partial charge in [0.2, 0.25) is 0 Å². The van der Waals surface area contributed by atoms with Gasteiger partial charge >= 0.3 is 0 Å². The lowest BCUT2D eigenvalue weighted by atomic mass is 9.70. The van der Waals surface area contributed by atoms with Crippen LogP contribution in [0.1, 0.15) is 22.3 Å². The molecular weight excluding hydrogens is 713 g/mol. The van der Waals surface area contributed by atoms with E-state index in [0.29, 0.717) is 5.82 Å². The van der Waals surface area contributed by atoms with Crippen LogP contribution in [0.3, 0.4) is 0 Å². The molecule has 1 heterocycles. The largest absolute Gasteiger partial charge is 0.228 e. The molecule has 2 aliphatic rings. The summed E-state index contributed by atoms with van der Waals surface area (Å²) in [6, 6.07) is 79.1. The molecule has 0 unspecified atom stereocenters. The third-order valence-electron chi connectivity index (χ3n) is 12.5. The van der Waals surface area contributed by atoms with Crippen LogP contribution < -0.4 is 0 Å². The van der Waals surface area contributed by atoms with Crippen molar-refractivity contribution in [3.05, 3.63) is 241 Å². The van der Waals surface area contributed by atoms with E-state index in [4.69, 9.17) is 9.97 Å². The standard InChI is InChI=1S/C57H36N2/c1-3-16-37(17-4-1)42-32-33-49(44-23-8-7-22-43(42)44)55-36-54(58-56(59-55)38-18-5-2-6-19-38)41-21-15-20-39(34-41)40-30-31-48-47-26-11-14-29-52(47)57(53(48)35-40)50-27-12-9-24-45(50)46-25-10-13-28-51(46)57/h1-36H.